The molecule has 1 aromatic carbocycles. The molecule has 1 fully saturated rings. The first kappa shape index (κ1) is 14.4. The van der Waals surface area contributed by atoms with Crippen molar-refractivity contribution in [2.45, 2.75) is 38.0 Å². The van der Waals surface area contributed by atoms with E-state index < -0.39 is 0 Å². The number of hydrogen-bond donors (Lipinski definition) is 1. The predicted octanol–water partition coefficient (Wildman–Crippen LogP) is 2.83. The van der Waals surface area contributed by atoms with E-state index in [1.165, 1.54) is 11.1 Å². The van der Waals surface area contributed by atoms with Gasteiger partial charge in [0, 0.05) is 30.7 Å². The maximum Gasteiger partial charge on any atom is 0.122 e. The van der Waals surface area contributed by atoms with E-state index >= 15 is 0 Å². The van der Waals surface area contributed by atoms with Gasteiger partial charge in [0.05, 0.1) is 7.11 Å². The predicted molar refractivity (Wildman–Crippen MR) is 77.9 cm³/mol. The van der Waals surface area contributed by atoms with Crippen LogP contribution in [-0.2, 0) is 10.2 Å². The number of methoxy groups -OCH3 is 1. The van der Waals surface area contributed by atoms with Crippen molar-refractivity contribution in [2.24, 2.45) is 5.73 Å². The van der Waals surface area contributed by atoms with Crippen molar-refractivity contribution in [1.29, 1.82) is 0 Å². The molecule has 1 heterocycles. The van der Waals surface area contributed by atoms with Crippen LogP contribution >= 0.6 is 0 Å². The van der Waals surface area contributed by atoms with Gasteiger partial charge in [-0.05, 0) is 30.4 Å². The van der Waals surface area contributed by atoms with Gasteiger partial charge >= 0.3 is 0 Å². The number of ether oxygens (including phenoxy) is 2. The Kier molecular flexibility index (Phi) is 4.48. The highest BCUT2D eigenvalue weighted by atomic mass is 16.5. The highest BCUT2D eigenvalue weighted by molar-refractivity contribution is 5.44. The smallest absolute Gasteiger partial charge is 0.122 e. The molecule has 19 heavy (non-hydrogen) atoms. The maximum atomic E-state index is 6.11. The van der Waals surface area contributed by atoms with Crippen LogP contribution in [0.2, 0.25) is 0 Å². The minimum Gasteiger partial charge on any atom is -0.496 e. The van der Waals surface area contributed by atoms with Gasteiger partial charge in [-0.2, -0.15) is 0 Å². The molecule has 0 aromatic heterocycles. The normalized spacial score (nSPS) is 18.6. The summed E-state index contributed by atoms with van der Waals surface area (Å²) in [4.78, 5) is 0. The standard InChI is InChI=1S/C16H25NO2/c1-12(2)13-4-5-15(18-3)14(10-13)16(11-17)6-8-19-9-7-16/h4-5,10,12H,6-9,11,17H2,1-3H3. The van der Waals surface area contributed by atoms with E-state index in [1.807, 2.05) is 0 Å². The second-order valence-corrected chi connectivity index (χ2v) is 5.71. The van der Waals surface area contributed by atoms with Crippen LogP contribution in [0.15, 0.2) is 18.2 Å². The van der Waals surface area contributed by atoms with Gasteiger partial charge < -0.3 is 15.2 Å². The van der Waals surface area contributed by atoms with Gasteiger partial charge in [0.1, 0.15) is 5.75 Å². The van der Waals surface area contributed by atoms with Crippen molar-refractivity contribution in [3.8, 4) is 5.75 Å². The average molecular weight is 263 g/mol. The fourth-order valence-electron chi connectivity index (χ4n) is 2.84. The lowest BCUT2D eigenvalue weighted by Crippen LogP contribution is -2.41. The number of rotatable bonds is 4. The second-order valence-electron chi connectivity index (χ2n) is 5.71. The quantitative estimate of drug-likeness (QED) is 0.908. The molecule has 1 saturated heterocycles. The van der Waals surface area contributed by atoms with Crippen molar-refractivity contribution in [1.82, 2.24) is 0 Å². The molecule has 2 rings (SSSR count). The summed E-state index contributed by atoms with van der Waals surface area (Å²) in [5, 5.41) is 0. The molecular weight excluding hydrogens is 238 g/mol. The van der Waals surface area contributed by atoms with Crippen LogP contribution in [0.4, 0.5) is 0 Å². The van der Waals surface area contributed by atoms with E-state index in [4.69, 9.17) is 15.2 Å². The minimum absolute atomic E-state index is 0.00843. The topological polar surface area (TPSA) is 44.5 Å². The monoisotopic (exact) mass is 263 g/mol. The molecule has 0 aliphatic carbocycles. The van der Waals surface area contributed by atoms with E-state index in [0.717, 1.165) is 31.8 Å². The van der Waals surface area contributed by atoms with Gasteiger partial charge in [-0.15, -0.1) is 0 Å². The Hall–Kier alpha value is -1.06. The maximum absolute atomic E-state index is 6.11. The molecule has 0 radical (unpaired) electrons. The first-order chi connectivity index (χ1) is 9.13. The SMILES string of the molecule is COc1ccc(C(C)C)cc1C1(CN)CCOCC1. The van der Waals surface area contributed by atoms with E-state index in [2.05, 4.69) is 32.0 Å². The van der Waals surface area contributed by atoms with Crippen molar-refractivity contribution in [3.63, 3.8) is 0 Å². The Morgan fingerprint density at radius 3 is 2.53 bits per heavy atom. The van der Waals surface area contributed by atoms with Gasteiger partial charge in [-0.25, -0.2) is 0 Å². The van der Waals surface area contributed by atoms with Gasteiger partial charge in [-0.3, -0.25) is 0 Å². The second kappa shape index (κ2) is 5.93. The molecule has 1 aromatic rings. The van der Waals surface area contributed by atoms with Crippen molar-refractivity contribution < 1.29 is 9.47 Å². The molecule has 2 N–H and O–H groups in total. The first-order valence-electron chi connectivity index (χ1n) is 7.09. The third kappa shape index (κ3) is 2.77. The van der Waals surface area contributed by atoms with Crippen LogP contribution in [0, 0.1) is 0 Å². The van der Waals surface area contributed by atoms with E-state index in [-0.39, 0.29) is 5.41 Å². The molecule has 3 heteroatoms. The summed E-state index contributed by atoms with van der Waals surface area (Å²) in [5.74, 6) is 1.47. The molecule has 106 valence electrons. The van der Waals surface area contributed by atoms with Crippen molar-refractivity contribution >= 4 is 0 Å². The van der Waals surface area contributed by atoms with Crippen LogP contribution in [0.3, 0.4) is 0 Å². The summed E-state index contributed by atoms with van der Waals surface area (Å²) in [6.45, 7) is 6.64. The highest BCUT2D eigenvalue weighted by Crippen LogP contribution is 2.40. The Bertz CT molecular complexity index is 423. The molecule has 0 bridgehead atoms. The summed E-state index contributed by atoms with van der Waals surface area (Å²) in [5.41, 5.74) is 8.72. The number of benzene rings is 1. The van der Waals surface area contributed by atoms with Crippen molar-refractivity contribution in [2.75, 3.05) is 26.9 Å². The Labute approximate surface area is 116 Å². The zero-order valence-corrected chi connectivity index (χ0v) is 12.2. The first-order valence-corrected chi connectivity index (χ1v) is 7.09. The average Bonchev–Trinajstić information content (AvgIpc) is 2.47. The fourth-order valence-corrected chi connectivity index (χ4v) is 2.84. The molecule has 0 atom stereocenters. The van der Waals surface area contributed by atoms with Gasteiger partial charge in [0.2, 0.25) is 0 Å². The molecule has 3 nitrogen and oxygen atoms in total. The van der Waals surface area contributed by atoms with Crippen LogP contribution in [0.1, 0.15) is 43.7 Å². The van der Waals surface area contributed by atoms with Gasteiger partial charge in [0.15, 0.2) is 0 Å². The summed E-state index contributed by atoms with van der Waals surface area (Å²) in [6, 6.07) is 6.51. The lowest BCUT2D eigenvalue weighted by atomic mass is 9.73. The van der Waals surface area contributed by atoms with Crippen LogP contribution in [-0.4, -0.2) is 26.9 Å². The van der Waals surface area contributed by atoms with E-state index in [0.29, 0.717) is 12.5 Å². The third-order valence-corrected chi connectivity index (χ3v) is 4.30. The Balaban J connectivity index is 2.47. The van der Waals surface area contributed by atoms with Crippen molar-refractivity contribution in [3.05, 3.63) is 29.3 Å². The van der Waals surface area contributed by atoms with Crippen LogP contribution in [0.25, 0.3) is 0 Å². The number of nitrogens with two attached hydrogens (primary N) is 1. The Morgan fingerprint density at radius 1 is 1.32 bits per heavy atom. The zero-order valence-electron chi connectivity index (χ0n) is 12.2. The zero-order chi connectivity index (χ0) is 13.9. The molecule has 0 unspecified atom stereocenters. The van der Waals surface area contributed by atoms with E-state index in [9.17, 15) is 0 Å². The fraction of sp³-hybridized carbons (Fsp3) is 0.625. The Morgan fingerprint density at radius 2 is 2.00 bits per heavy atom. The molecule has 0 spiro atoms. The summed E-state index contributed by atoms with van der Waals surface area (Å²) in [7, 11) is 1.73. The molecule has 1 aliphatic heterocycles. The lowest BCUT2D eigenvalue weighted by molar-refractivity contribution is 0.0521. The van der Waals surface area contributed by atoms with Crippen LogP contribution < -0.4 is 10.5 Å². The molecule has 1 aliphatic rings. The third-order valence-electron chi connectivity index (χ3n) is 4.30. The summed E-state index contributed by atoms with van der Waals surface area (Å²) in [6.07, 6.45) is 1.95. The highest BCUT2D eigenvalue weighted by Gasteiger charge is 2.35. The summed E-state index contributed by atoms with van der Waals surface area (Å²) >= 11 is 0. The molecule has 0 saturated carbocycles. The van der Waals surface area contributed by atoms with Gasteiger partial charge in [0.25, 0.3) is 0 Å². The number of hydrogen-bond acceptors (Lipinski definition) is 3. The minimum atomic E-state index is 0.00843. The van der Waals surface area contributed by atoms with Gasteiger partial charge in [-0.1, -0.05) is 26.0 Å². The molecule has 0 amide bonds. The lowest BCUT2D eigenvalue weighted by Gasteiger charge is -2.37. The largest absolute Gasteiger partial charge is 0.496 e. The van der Waals surface area contributed by atoms with Crippen LogP contribution in [0.5, 0.6) is 5.75 Å². The van der Waals surface area contributed by atoms with E-state index in [1.54, 1.807) is 7.11 Å². The summed E-state index contributed by atoms with van der Waals surface area (Å²) < 4.78 is 11.1. The molecular formula is C16H25NO2.